The van der Waals surface area contributed by atoms with Gasteiger partial charge in [-0.05, 0) is 38.7 Å². The number of aliphatic hydroxyl groups is 1. The first-order valence-corrected chi connectivity index (χ1v) is 7.71. The molecule has 0 aliphatic carbocycles. The first-order chi connectivity index (χ1) is 10.1. The van der Waals surface area contributed by atoms with Crippen LogP contribution in [-0.2, 0) is 9.53 Å². The molecule has 116 valence electrons. The minimum absolute atomic E-state index is 0.00587. The van der Waals surface area contributed by atoms with Gasteiger partial charge in [-0.1, -0.05) is 30.3 Å². The summed E-state index contributed by atoms with van der Waals surface area (Å²) in [7, 11) is 0. The van der Waals surface area contributed by atoms with Crippen molar-refractivity contribution in [3.05, 3.63) is 35.9 Å². The number of aliphatic hydroxyl groups excluding tert-OH is 1. The van der Waals surface area contributed by atoms with E-state index >= 15 is 0 Å². The van der Waals surface area contributed by atoms with Crippen molar-refractivity contribution in [1.29, 1.82) is 0 Å². The molecule has 4 heteroatoms. The molecule has 2 N–H and O–H groups in total. The molecule has 1 heterocycles. The Hall–Kier alpha value is -1.39. The molecule has 0 saturated carbocycles. The molecule has 1 aromatic carbocycles. The molecule has 1 aliphatic rings. The number of hydrogen-bond acceptors (Lipinski definition) is 3. The van der Waals surface area contributed by atoms with Crippen LogP contribution in [0.2, 0.25) is 0 Å². The topological polar surface area (TPSA) is 58.6 Å². The van der Waals surface area contributed by atoms with Gasteiger partial charge in [-0.15, -0.1) is 0 Å². The van der Waals surface area contributed by atoms with Crippen molar-refractivity contribution in [1.82, 2.24) is 5.32 Å². The van der Waals surface area contributed by atoms with E-state index < -0.39 is 0 Å². The van der Waals surface area contributed by atoms with Crippen LogP contribution in [0.25, 0.3) is 0 Å². The van der Waals surface area contributed by atoms with Gasteiger partial charge in [0.25, 0.3) is 0 Å². The zero-order valence-electron chi connectivity index (χ0n) is 12.8. The minimum Gasteiger partial charge on any atom is -0.396 e. The largest absolute Gasteiger partial charge is 0.396 e. The van der Waals surface area contributed by atoms with Crippen molar-refractivity contribution >= 4 is 5.91 Å². The fraction of sp³-hybridized carbons (Fsp3) is 0.588. The summed E-state index contributed by atoms with van der Waals surface area (Å²) in [6.07, 6.45) is 2.30. The molecule has 1 fully saturated rings. The molecule has 3 unspecified atom stereocenters. The van der Waals surface area contributed by atoms with E-state index in [2.05, 4.69) is 5.32 Å². The lowest BCUT2D eigenvalue weighted by Gasteiger charge is -2.32. The number of rotatable bonds is 5. The van der Waals surface area contributed by atoms with Gasteiger partial charge in [-0.2, -0.15) is 0 Å². The molecule has 1 amide bonds. The Balaban J connectivity index is 2.01. The lowest BCUT2D eigenvalue weighted by atomic mass is 9.91. The molecule has 0 radical (unpaired) electrons. The van der Waals surface area contributed by atoms with Crippen LogP contribution >= 0.6 is 0 Å². The molecular weight excluding hydrogens is 266 g/mol. The third-order valence-corrected chi connectivity index (χ3v) is 4.00. The Bertz CT molecular complexity index is 439. The summed E-state index contributed by atoms with van der Waals surface area (Å²) in [5, 5.41) is 12.3. The number of hydrogen-bond donors (Lipinski definition) is 2. The van der Waals surface area contributed by atoms with Crippen LogP contribution in [0.3, 0.4) is 0 Å². The quantitative estimate of drug-likeness (QED) is 0.876. The molecule has 21 heavy (non-hydrogen) atoms. The molecule has 0 spiro atoms. The van der Waals surface area contributed by atoms with Gasteiger partial charge >= 0.3 is 0 Å². The summed E-state index contributed by atoms with van der Waals surface area (Å²) < 4.78 is 5.68. The highest BCUT2D eigenvalue weighted by Crippen LogP contribution is 2.26. The highest BCUT2D eigenvalue weighted by Gasteiger charge is 2.30. The van der Waals surface area contributed by atoms with Crippen LogP contribution in [0.5, 0.6) is 0 Å². The second-order valence-corrected chi connectivity index (χ2v) is 5.91. The van der Waals surface area contributed by atoms with Crippen LogP contribution in [-0.4, -0.2) is 29.8 Å². The summed E-state index contributed by atoms with van der Waals surface area (Å²) in [6.45, 7) is 4.08. The Labute approximate surface area is 126 Å². The van der Waals surface area contributed by atoms with Crippen LogP contribution in [0, 0.1) is 5.92 Å². The number of amides is 1. The van der Waals surface area contributed by atoms with Crippen molar-refractivity contribution in [3.63, 3.8) is 0 Å². The Morgan fingerprint density at radius 2 is 1.90 bits per heavy atom. The van der Waals surface area contributed by atoms with Crippen molar-refractivity contribution in [2.75, 3.05) is 6.61 Å². The monoisotopic (exact) mass is 291 g/mol. The standard InChI is InChI=1S/C17H25NO3/c1-12-10-15(11-13(2)21-12)17(20)18-16(8-9-19)14-6-4-3-5-7-14/h3-7,12-13,15-16,19H,8-11H2,1-2H3,(H,18,20). The van der Waals surface area contributed by atoms with Gasteiger partial charge in [0, 0.05) is 12.5 Å². The minimum atomic E-state index is -0.128. The molecule has 2 rings (SSSR count). The molecule has 4 nitrogen and oxygen atoms in total. The molecule has 0 aromatic heterocycles. The first kappa shape index (κ1) is 16.0. The van der Waals surface area contributed by atoms with E-state index in [0.29, 0.717) is 6.42 Å². The fourth-order valence-electron chi connectivity index (χ4n) is 3.05. The van der Waals surface area contributed by atoms with Crippen LogP contribution in [0.1, 0.15) is 44.7 Å². The smallest absolute Gasteiger partial charge is 0.223 e. The van der Waals surface area contributed by atoms with E-state index in [9.17, 15) is 9.90 Å². The maximum absolute atomic E-state index is 12.5. The Morgan fingerprint density at radius 3 is 2.48 bits per heavy atom. The van der Waals surface area contributed by atoms with Gasteiger partial charge in [0.2, 0.25) is 5.91 Å². The van der Waals surface area contributed by atoms with Crippen molar-refractivity contribution in [3.8, 4) is 0 Å². The van der Waals surface area contributed by atoms with E-state index in [1.807, 2.05) is 44.2 Å². The van der Waals surface area contributed by atoms with E-state index in [1.54, 1.807) is 0 Å². The Kier molecular flexibility index (Phi) is 5.76. The zero-order valence-corrected chi connectivity index (χ0v) is 12.8. The molecule has 1 aromatic rings. The summed E-state index contributed by atoms with van der Waals surface area (Å²) >= 11 is 0. The van der Waals surface area contributed by atoms with E-state index in [-0.39, 0.29) is 36.7 Å². The van der Waals surface area contributed by atoms with Gasteiger partial charge in [0.1, 0.15) is 0 Å². The maximum atomic E-state index is 12.5. The van der Waals surface area contributed by atoms with E-state index in [0.717, 1.165) is 18.4 Å². The summed E-state index contributed by atoms with van der Waals surface area (Å²) in [4.78, 5) is 12.5. The van der Waals surface area contributed by atoms with Gasteiger partial charge < -0.3 is 15.2 Å². The predicted octanol–water partition coefficient (Wildman–Crippen LogP) is 2.43. The van der Waals surface area contributed by atoms with Gasteiger partial charge in [0.15, 0.2) is 0 Å². The van der Waals surface area contributed by atoms with Gasteiger partial charge in [-0.3, -0.25) is 4.79 Å². The number of ether oxygens (including phenoxy) is 1. The van der Waals surface area contributed by atoms with Crippen LogP contribution in [0.4, 0.5) is 0 Å². The van der Waals surface area contributed by atoms with Crippen molar-refractivity contribution in [2.45, 2.75) is 51.4 Å². The highest BCUT2D eigenvalue weighted by atomic mass is 16.5. The summed E-state index contributed by atoms with van der Waals surface area (Å²) in [6, 6.07) is 9.68. The number of benzene rings is 1. The zero-order chi connectivity index (χ0) is 15.2. The second-order valence-electron chi connectivity index (χ2n) is 5.91. The number of nitrogens with one attached hydrogen (secondary N) is 1. The molecule has 3 atom stereocenters. The molecule has 1 aliphatic heterocycles. The lowest BCUT2D eigenvalue weighted by Crippen LogP contribution is -2.40. The van der Waals surface area contributed by atoms with Gasteiger partial charge in [0.05, 0.1) is 18.2 Å². The van der Waals surface area contributed by atoms with Crippen LogP contribution in [0.15, 0.2) is 30.3 Å². The van der Waals surface area contributed by atoms with Crippen LogP contribution < -0.4 is 5.32 Å². The number of carbonyl (C=O) groups is 1. The average Bonchev–Trinajstić information content (AvgIpc) is 2.46. The second kappa shape index (κ2) is 7.57. The molecule has 1 saturated heterocycles. The van der Waals surface area contributed by atoms with Crippen molar-refractivity contribution in [2.24, 2.45) is 5.92 Å². The third-order valence-electron chi connectivity index (χ3n) is 4.00. The normalized spacial score (nSPS) is 27.1. The van der Waals surface area contributed by atoms with Gasteiger partial charge in [-0.25, -0.2) is 0 Å². The van der Waals surface area contributed by atoms with E-state index in [4.69, 9.17) is 4.74 Å². The molecular formula is C17H25NO3. The maximum Gasteiger partial charge on any atom is 0.223 e. The lowest BCUT2D eigenvalue weighted by molar-refractivity contribution is -0.134. The summed E-state index contributed by atoms with van der Waals surface area (Å²) in [5.41, 5.74) is 1.04. The number of carbonyl (C=O) groups excluding carboxylic acids is 1. The van der Waals surface area contributed by atoms with E-state index in [1.165, 1.54) is 0 Å². The third kappa shape index (κ3) is 4.55. The van der Waals surface area contributed by atoms with Crippen molar-refractivity contribution < 1.29 is 14.6 Å². The fourth-order valence-corrected chi connectivity index (χ4v) is 3.05. The highest BCUT2D eigenvalue weighted by molar-refractivity contribution is 5.79. The summed E-state index contributed by atoms with van der Waals surface area (Å²) in [5.74, 6) is 0.0629. The Morgan fingerprint density at radius 1 is 1.29 bits per heavy atom. The first-order valence-electron chi connectivity index (χ1n) is 7.71. The molecule has 0 bridgehead atoms. The average molecular weight is 291 g/mol. The SMILES string of the molecule is CC1CC(C(=O)NC(CCO)c2ccccc2)CC(C)O1. The predicted molar refractivity (Wildman–Crippen MR) is 81.8 cm³/mol.